The SMILES string of the molecule is C=C(I)C1CCC[C@]12CCCCC2=O. The van der Waals surface area contributed by atoms with Crippen molar-refractivity contribution >= 4 is 28.4 Å². The Kier molecular flexibility index (Phi) is 3.01. The number of hydrogen-bond acceptors (Lipinski definition) is 1. The van der Waals surface area contributed by atoms with Crippen LogP contribution in [0.3, 0.4) is 0 Å². The molecular weight excluding hydrogens is 287 g/mol. The zero-order chi connectivity index (χ0) is 10.2. The Hall–Kier alpha value is 0.140. The fourth-order valence-corrected chi connectivity index (χ4v) is 4.18. The quantitative estimate of drug-likeness (QED) is 0.672. The first-order chi connectivity index (χ1) is 6.67. The molecule has 0 amide bonds. The Morgan fingerprint density at radius 1 is 1.36 bits per heavy atom. The summed E-state index contributed by atoms with van der Waals surface area (Å²) in [4.78, 5) is 12.1. The summed E-state index contributed by atoms with van der Waals surface area (Å²) < 4.78 is 1.20. The largest absolute Gasteiger partial charge is 0.299 e. The maximum absolute atomic E-state index is 12.1. The summed E-state index contributed by atoms with van der Waals surface area (Å²) in [5.74, 6) is 1.01. The van der Waals surface area contributed by atoms with Crippen molar-refractivity contribution in [2.45, 2.75) is 44.9 Å². The van der Waals surface area contributed by atoms with Crippen LogP contribution in [0.2, 0.25) is 0 Å². The second-order valence-electron chi connectivity index (χ2n) is 4.68. The molecule has 2 aliphatic rings. The van der Waals surface area contributed by atoms with Gasteiger partial charge in [-0.25, -0.2) is 0 Å². The van der Waals surface area contributed by atoms with Gasteiger partial charge in [-0.1, -0.05) is 19.4 Å². The maximum Gasteiger partial charge on any atom is 0.139 e. The molecule has 1 spiro atoms. The Labute approximate surface area is 99.5 Å². The third-order valence-electron chi connectivity index (χ3n) is 3.99. The first kappa shape index (κ1) is 10.7. The van der Waals surface area contributed by atoms with Crippen LogP contribution in [0.4, 0.5) is 0 Å². The van der Waals surface area contributed by atoms with Crippen LogP contribution in [-0.2, 0) is 4.79 Å². The lowest BCUT2D eigenvalue weighted by Gasteiger charge is -2.37. The van der Waals surface area contributed by atoms with Gasteiger partial charge < -0.3 is 0 Å². The highest BCUT2D eigenvalue weighted by Gasteiger charge is 2.49. The van der Waals surface area contributed by atoms with Crippen molar-refractivity contribution in [3.63, 3.8) is 0 Å². The van der Waals surface area contributed by atoms with Crippen molar-refractivity contribution in [3.05, 3.63) is 10.2 Å². The van der Waals surface area contributed by atoms with Crippen molar-refractivity contribution in [2.75, 3.05) is 0 Å². The number of ketones is 1. The van der Waals surface area contributed by atoms with Crippen LogP contribution < -0.4 is 0 Å². The molecule has 78 valence electrons. The molecule has 0 bridgehead atoms. The van der Waals surface area contributed by atoms with Crippen LogP contribution >= 0.6 is 22.6 Å². The van der Waals surface area contributed by atoms with Gasteiger partial charge in [0.05, 0.1) is 0 Å². The van der Waals surface area contributed by atoms with Crippen LogP contribution in [0, 0.1) is 11.3 Å². The zero-order valence-corrected chi connectivity index (χ0v) is 10.7. The average molecular weight is 304 g/mol. The topological polar surface area (TPSA) is 17.1 Å². The van der Waals surface area contributed by atoms with Gasteiger partial charge in [0.1, 0.15) is 5.78 Å². The van der Waals surface area contributed by atoms with Gasteiger partial charge in [0, 0.05) is 17.8 Å². The summed E-state index contributed by atoms with van der Waals surface area (Å²) in [6.45, 7) is 4.06. The molecule has 0 aromatic carbocycles. The van der Waals surface area contributed by atoms with E-state index in [0.29, 0.717) is 11.7 Å². The van der Waals surface area contributed by atoms with Crippen molar-refractivity contribution in [3.8, 4) is 0 Å². The summed E-state index contributed by atoms with van der Waals surface area (Å²) in [5.41, 5.74) is 0.0243. The van der Waals surface area contributed by atoms with Gasteiger partial charge in [0.25, 0.3) is 0 Å². The van der Waals surface area contributed by atoms with E-state index < -0.39 is 0 Å². The average Bonchev–Trinajstić information content (AvgIpc) is 2.55. The summed E-state index contributed by atoms with van der Waals surface area (Å²) in [5, 5.41) is 0. The van der Waals surface area contributed by atoms with Crippen molar-refractivity contribution in [2.24, 2.45) is 11.3 Å². The highest BCUT2D eigenvalue weighted by molar-refractivity contribution is 14.1. The predicted octanol–water partition coefficient (Wildman–Crippen LogP) is 3.86. The van der Waals surface area contributed by atoms with Crippen LogP contribution in [0.25, 0.3) is 0 Å². The van der Waals surface area contributed by atoms with E-state index >= 15 is 0 Å². The summed E-state index contributed by atoms with van der Waals surface area (Å²) in [6.07, 6.45) is 7.83. The van der Waals surface area contributed by atoms with E-state index in [4.69, 9.17) is 0 Å². The fourth-order valence-electron chi connectivity index (χ4n) is 3.28. The number of halogens is 1. The summed E-state index contributed by atoms with van der Waals surface area (Å²) in [7, 11) is 0. The second kappa shape index (κ2) is 3.95. The summed E-state index contributed by atoms with van der Waals surface area (Å²) in [6, 6.07) is 0. The predicted molar refractivity (Wildman–Crippen MR) is 66.4 cm³/mol. The third kappa shape index (κ3) is 1.55. The van der Waals surface area contributed by atoms with E-state index in [1.54, 1.807) is 0 Å². The van der Waals surface area contributed by atoms with Gasteiger partial charge in [-0.3, -0.25) is 4.79 Å². The molecule has 2 rings (SSSR count). The number of carbonyl (C=O) groups excluding carboxylic acids is 1. The molecule has 0 aromatic heterocycles. The molecule has 2 fully saturated rings. The minimum Gasteiger partial charge on any atom is -0.299 e. The normalized spacial score (nSPS) is 37.8. The fraction of sp³-hybridized carbons (Fsp3) is 0.750. The number of Topliss-reactive ketones (excluding diaryl/α,β-unsaturated/α-hetero) is 1. The molecule has 2 saturated carbocycles. The van der Waals surface area contributed by atoms with E-state index in [0.717, 1.165) is 25.7 Å². The Bertz CT molecular complexity index is 271. The molecule has 1 nitrogen and oxygen atoms in total. The molecule has 0 N–H and O–H groups in total. The standard InChI is InChI=1S/C12H17IO/c1-9(13)10-5-4-8-12(10)7-3-2-6-11(12)14/h10H,1-8H2/t10?,12-/m1/s1. The zero-order valence-electron chi connectivity index (χ0n) is 8.52. The maximum atomic E-state index is 12.1. The van der Waals surface area contributed by atoms with Gasteiger partial charge in [-0.15, -0.1) is 0 Å². The smallest absolute Gasteiger partial charge is 0.139 e. The molecule has 1 unspecified atom stereocenters. The van der Waals surface area contributed by atoms with Crippen molar-refractivity contribution < 1.29 is 4.79 Å². The number of carbonyl (C=O) groups is 1. The van der Waals surface area contributed by atoms with Crippen molar-refractivity contribution in [1.82, 2.24) is 0 Å². The summed E-state index contributed by atoms with van der Waals surface area (Å²) >= 11 is 2.32. The molecule has 0 heterocycles. The van der Waals surface area contributed by atoms with Crippen LogP contribution in [0.5, 0.6) is 0 Å². The Morgan fingerprint density at radius 2 is 2.07 bits per heavy atom. The molecule has 2 aliphatic carbocycles. The van der Waals surface area contributed by atoms with E-state index in [9.17, 15) is 4.79 Å². The van der Waals surface area contributed by atoms with Gasteiger partial charge >= 0.3 is 0 Å². The minimum atomic E-state index is 0.0243. The van der Waals surface area contributed by atoms with Gasteiger partial charge in [-0.05, 0) is 51.9 Å². The number of hydrogen-bond donors (Lipinski definition) is 0. The first-order valence-corrected chi connectivity index (χ1v) is 6.62. The second-order valence-corrected chi connectivity index (χ2v) is 6.06. The lowest BCUT2D eigenvalue weighted by Crippen LogP contribution is -2.37. The lowest BCUT2D eigenvalue weighted by atomic mass is 9.66. The van der Waals surface area contributed by atoms with E-state index in [2.05, 4.69) is 29.2 Å². The molecule has 0 saturated heterocycles. The number of rotatable bonds is 1. The molecule has 0 radical (unpaired) electrons. The molecule has 14 heavy (non-hydrogen) atoms. The highest BCUT2D eigenvalue weighted by Crippen LogP contribution is 2.54. The molecule has 0 aliphatic heterocycles. The highest BCUT2D eigenvalue weighted by atomic mass is 127. The van der Waals surface area contributed by atoms with Crippen LogP contribution in [0.15, 0.2) is 10.2 Å². The van der Waals surface area contributed by atoms with Gasteiger partial charge in [0.15, 0.2) is 0 Å². The monoisotopic (exact) mass is 304 g/mol. The first-order valence-electron chi connectivity index (χ1n) is 5.54. The van der Waals surface area contributed by atoms with Gasteiger partial charge in [0.2, 0.25) is 0 Å². The van der Waals surface area contributed by atoms with Crippen molar-refractivity contribution in [1.29, 1.82) is 0 Å². The Balaban J connectivity index is 2.27. The van der Waals surface area contributed by atoms with Crippen LogP contribution in [-0.4, -0.2) is 5.78 Å². The number of allylic oxidation sites excluding steroid dienone is 1. The Morgan fingerprint density at radius 3 is 2.71 bits per heavy atom. The van der Waals surface area contributed by atoms with Gasteiger partial charge in [-0.2, -0.15) is 0 Å². The minimum absolute atomic E-state index is 0.0243. The lowest BCUT2D eigenvalue weighted by molar-refractivity contribution is -0.132. The van der Waals surface area contributed by atoms with E-state index in [1.165, 1.54) is 22.8 Å². The van der Waals surface area contributed by atoms with E-state index in [-0.39, 0.29) is 5.41 Å². The van der Waals surface area contributed by atoms with Crippen LogP contribution in [0.1, 0.15) is 44.9 Å². The molecule has 2 atom stereocenters. The van der Waals surface area contributed by atoms with E-state index in [1.807, 2.05) is 0 Å². The molecule has 0 aromatic rings. The molecular formula is C12H17IO. The third-order valence-corrected chi connectivity index (χ3v) is 4.74. The molecule has 2 heteroatoms.